The first-order valence-corrected chi connectivity index (χ1v) is 10.5. The number of hydrogen-bond donors (Lipinski definition) is 0. The van der Waals surface area contributed by atoms with Gasteiger partial charge in [0.25, 0.3) is 0 Å². The van der Waals surface area contributed by atoms with Crippen LogP contribution in [0, 0.1) is 13.8 Å². The molecule has 0 atom stereocenters. The average Bonchev–Trinajstić information content (AvgIpc) is 2.69. The molecule has 3 aromatic rings. The number of aromatic nitrogens is 2. The second kappa shape index (κ2) is 9.08. The summed E-state index contributed by atoms with van der Waals surface area (Å²) in [6.07, 6.45) is -4.33. The fraction of sp³-hybridized carbons (Fsp3) is 0.304. The minimum atomic E-state index is -4.33. The molecule has 0 amide bonds. The molecule has 1 heterocycles. The topological polar surface area (TPSA) is 35.0 Å². The van der Waals surface area contributed by atoms with Gasteiger partial charge in [-0.3, -0.25) is 0 Å². The van der Waals surface area contributed by atoms with Crippen LogP contribution in [0.15, 0.2) is 53.7 Å². The number of rotatable bonds is 6. The zero-order valence-corrected chi connectivity index (χ0v) is 18.1. The van der Waals surface area contributed by atoms with Crippen LogP contribution in [0.1, 0.15) is 47.7 Å². The summed E-state index contributed by atoms with van der Waals surface area (Å²) in [6, 6.07) is 12.8. The van der Waals surface area contributed by atoms with Gasteiger partial charge in [-0.25, -0.2) is 4.98 Å². The molecule has 7 heteroatoms. The standard InChI is InChI=1S/C23H23F3N2OS/c1-14(2)19-12-21(29-20-7-5-6-15(3)16(20)4)28-22(27-19)30-13-17-8-10-18(11-9-17)23(24,25)26/h5-12,14H,13H2,1-4H3. The van der Waals surface area contributed by atoms with Crippen LogP contribution in [-0.2, 0) is 11.9 Å². The molecule has 0 unspecified atom stereocenters. The van der Waals surface area contributed by atoms with Gasteiger partial charge in [0.15, 0.2) is 5.16 Å². The number of aryl methyl sites for hydroxylation is 1. The Labute approximate surface area is 178 Å². The Kier molecular flexibility index (Phi) is 6.71. The number of nitrogens with zero attached hydrogens (tertiary/aromatic N) is 2. The molecular formula is C23H23F3N2OS. The van der Waals surface area contributed by atoms with Crippen LogP contribution in [0.4, 0.5) is 13.2 Å². The maximum absolute atomic E-state index is 12.7. The molecule has 158 valence electrons. The average molecular weight is 433 g/mol. The summed E-state index contributed by atoms with van der Waals surface area (Å²) >= 11 is 1.37. The van der Waals surface area contributed by atoms with Gasteiger partial charge in [-0.2, -0.15) is 18.2 Å². The van der Waals surface area contributed by atoms with Crippen LogP contribution >= 0.6 is 11.8 Å². The Balaban J connectivity index is 1.80. The third-order valence-corrected chi connectivity index (χ3v) is 5.63. The zero-order valence-electron chi connectivity index (χ0n) is 17.2. The maximum Gasteiger partial charge on any atom is 0.416 e. The monoisotopic (exact) mass is 432 g/mol. The van der Waals surface area contributed by atoms with Crippen molar-refractivity contribution in [2.75, 3.05) is 0 Å². The van der Waals surface area contributed by atoms with Crippen LogP contribution in [0.5, 0.6) is 11.6 Å². The second-order valence-corrected chi connectivity index (χ2v) is 8.29. The third-order valence-electron chi connectivity index (χ3n) is 4.71. The van der Waals surface area contributed by atoms with Crippen molar-refractivity contribution in [1.29, 1.82) is 0 Å². The molecule has 0 saturated heterocycles. The minimum Gasteiger partial charge on any atom is -0.439 e. The first-order valence-electron chi connectivity index (χ1n) is 9.55. The molecule has 0 aliphatic rings. The number of ether oxygens (including phenoxy) is 1. The lowest BCUT2D eigenvalue weighted by molar-refractivity contribution is -0.137. The molecule has 1 aromatic heterocycles. The van der Waals surface area contributed by atoms with Crippen LogP contribution in [0.25, 0.3) is 0 Å². The van der Waals surface area contributed by atoms with Gasteiger partial charge < -0.3 is 4.74 Å². The normalized spacial score (nSPS) is 11.7. The Hall–Kier alpha value is -2.54. The van der Waals surface area contributed by atoms with Crippen molar-refractivity contribution in [3.8, 4) is 11.6 Å². The van der Waals surface area contributed by atoms with Crippen molar-refractivity contribution < 1.29 is 17.9 Å². The number of alkyl halides is 3. The predicted molar refractivity (Wildman–Crippen MR) is 113 cm³/mol. The highest BCUT2D eigenvalue weighted by atomic mass is 32.2. The molecule has 30 heavy (non-hydrogen) atoms. The van der Waals surface area contributed by atoms with E-state index in [0.29, 0.717) is 16.8 Å². The first kappa shape index (κ1) is 22.2. The number of halogens is 3. The highest BCUT2D eigenvalue weighted by Gasteiger charge is 2.29. The van der Waals surface area contributed by atoms with Crippen molar-refractivity contribution in [2.45, 2.75) is 50.7 Å². The molecule has 0 saturated carbocycles. The summed E-state index contributed by atoms with van der Waals surface area (Å²) in [5, 5.41) is 0.529. The van der Waals surface area contributed by atoms with E-state index in [9.17, 15) is 13.2 Å². The van der Waals surface area contributed by atoms with Gasteiger partial charge in [-0.15, -0.1) is 0 Å². The van der Waals surface area contributed by atoms with Crippen molar-refractivity contribution in [1.82, 2.24) is 9.97 Å². The summed E-state index contributed by atoms with van der Waals surface area (Å²) in [7, 11) is 0. The SMILES string of the molecule is Cc1cccc(Oc2cc(C(C)C)nc(SCc3ccc(C(F)(F)F)cc3)n2)c1C. The molecule has 0 radical (unpaired) electrons. The lowest BCUT2D eigenvalue weighted by Crippen LogP contribution is -2.04. The summed E-state index contributed by atoms with van der Waals surface area (Å²) < 4.78 is 44.2. The molecule has 0 fully saturated rings. The highest BCUT2D eigenvalue weighted by Crippen LogP contribution is 2.32. The maximum atomic E-state index is 12.7. The quantitative estimate of drug-likeness (QED) is 0.302. The van der Waals surface area contributed by atoms with Crippen molar-refractivity contribution in [3.63, 3.8) is 0 Å². The molecular weight excluding hydrogens is 409 g/mol. The van der Waals surface area contributed by atoms with Crippen molar-refractivity contribution in [2.24, 2.45) is 0 Å². The van der Waals surface area contributed by atoms with E-state index in [4.69, 9.17) is 4.74 Å². The summed E-state index contributed by atoms with van der Waals surface area (Å²) in [5.41, 5.74) is 3.13. The van der Waals surface area contributed by atoms with Crippen LogP contribution < -0.4 is 4.74 Å². The van der Waals surface area contributed by atoms with Crippen LogP contribution in [0.2, 0.25) is 0 Å². The molecule has 0 bridgehead atoms. The van der Waals surface area contributed by atoms with E-state index in [1.54, 1.807) is 0 Å². The van der Waals surface area contributed by atoms with Gasteiger partial charge in [0.1, 0.15) is 5.75 Å². The third kappa shape index (κ3) is 5.53. The Bertz CT molecular complexity index is 1020. The summed E-state index contributed by atoms with van der Waals surface area (Å²) in [5.74, 6) is 1.83. The van der Waals surface area contributed by atoms with E-state index < -0.39 is 11.7 Å². The predicted octanol–water partition coefficient (Wildman–Crippen LogP) is 7.32. The number of benzene rings is 2. The van der Waals surface area contributed by atoms with Crippen molar-refractivity contribution in [3.05, 3.63) is 76.5 Å². The molecule has 0 aliphatic carbocycles. The fourth-order valence-corrected chi connectivity index (χ4v) is 3.53. The Morgan fingerprint density at radius 1 is 1.00 bits per heavy atom. The molecule has 0 spiro atoms. The second-order valence-electron chi connectivity index (χ2n) is 7.35. The van der Waals surface area contributed by atoms with Gasteiger partial charge in [0, 0.05) is 11.8 Å². The van der Waals surface area contributed by atoms with E-state index in [1.165, 1.54) is 23.9 Å². The number of thioether (sulfide) groups is 1. The molecule has 3 rings (SSSR count). The fourth-order valence-electron chi connectivity index (χ4n) is 2.72. The van der Waals surface area contributed by atoms with Gasteiger partial charge in [-0.05, 0) is 54.7 Å². The van der Waals surface area contributed by atoms with E-state index in [0.717, 1.165) is 40.3 Å². The van der Waals surface area contributed by atoms with E-state index >= 15 is 0 Å². The Morgan fingerprint density at radius 3 is 2.33 bits per heavy atom. The largest absolute Gasteiger partial charge is 0.439 e. The first-order chi connectivity index (χ1) is 14.1. The van der Waals surface area contributed by atoms with Crippen LogP contribution in [0.3, 0.4) is 0 Å². The van der Waals surface area contributed by atoms with E-state index in [-0.39, 0.29) is 5.92 Å². The minimum absolute atomic E-state index is 0.180. The van der Waals surface area contributed by atoms with E-state index in [1.807, 2.05) is 52.0 Å². The highest BCUT2D eigenvalue weighted by molar-refractivity contribution is 7.98. The molecule has 2 aromatic carbocycles. The van der Waals surface area contributed by atoms with Gasteiger partial charge in [0.2, 0.25) is 5.88 Å². The summed E-state index contributed by atoms with van der Waals surface area (Å²) in [6.45, 7) is 8.09. The van der Waals surface area contributed by atoms with Gasteiger partial charge in [-0.1, -0.05) is 49.9 Å². The summed E-state index contributed by atoms with van der Waals surface area (Å²) in [4.78, 5) is 9.08. The number of hydrogen-bond acceptors (Lipinski definition) is 4. The van der Waals surface area contributed by atoms with Crippen LogP contribution in [-0.4, -0.2) is 9.97 Å². The lowest BCUT2D eigenvalue weighted by Gasteiger charge is -2.13. The van der Waals surface area contributed by atoms with E-state index in [2.05, 4.69) is 9.97 Å². The lowest BCUT2D eigenvalue weighted by atomic mass is 10.1. The smallest absolute Gasteiger partial charge is 0.416 e. The van der Waals surface area contributed by atoms with Gasteiger partial charge in [0.05, 0.1) is 11.3 Å². The molecule has 3 nitrogen and oxygen atoms in total. The molecule has 0 aliphatic heterocycles. The van der Waals surface area contributed by atoms with Gasteiger partial charge >= 0.3 is 6.18 Å². The van der Waals surface area contributed by atoms with Crippen molar-refractivity contribution >= 4 is 11.8 Å². The molecule has 0 N–H and O–H groups in total. The Morgan fingerprint density at radius 2 is 1.70 bits per heavy atom. The zero-order chi connectivity index (χ0) is 21.9.